The first-order valence-corrected chi connectivity index (χ1v) is 7.40. The van der Waals surface area contributed by atoms with Gasteiger partial charge in [0.2, 0.25) is 0 Å². The van der Waals surface area contributed by atoms with Crippen molar-refractivity contribution >= 4 is 5.91 Å². The molecule has 1 heterocycles. The van der Waals surface area contributed by atoms with E-state index < -0.39 is 0 Å². The molecule has 3 rings (SSSR count). The van der Waals surface area contributed by atoms with Gasteiger partial charge in [0.25, 0.3) is 5.91 Å². The standard InChI is InChI=1S/C18H19NO3/c1-14-7-5-6-10-16(14)22-13-17(20)19-11-12-21-18(19)15-8-3-2-4-9-15/h2-10,18H,11-13H2,1H3. The Bertz CT molecular complexity index is 642. The SMILES string of the molecule is Cc1ccccc1OCC(=O)N1CCOC1c1ccccc1. The molecule has 0 radical (unpaired) electrons. The molecule has 0 N–H and O–H groups in total. The van der Waals surface area contributed by atoms with Crippen LogP contribution >= 0.6 is 0 Å². The first kappa shape index (κ1) is 14.6. The minimum Gasteiger partial charge on any atom is -0.483 e. The lowest BCUT2D eigenvalue weighted by molar-refractivity contribution is -0.138. The number of amides is 1. The number of carbonyl (C=O) groups excluding carboxylic acids is 1. The van der Waals surface area contributed by atoms with Crippen LogP contribution in [-0.2, 0) is 9.53 Å². The number of hydrogen-bond donors (Lipinski definition) is 0. The van der Waals surface area contributed by atoms with Gasteiger partial charge in [-0.25, -0.2) is 0 Å². The molecule has 1 saturated heterocycles. The molecule has 22 heavy (non-hydrogen) atoms. The van der Waals surface area contributed by atoms with Crippen LogP contribution in [0.5, 0.6) is 5.75 Å². The van der Waals surface area contributed by atoms with E-state index in [-0.39, 0.29) is 18.7 Å². The lowest BCUT2D eigenvalue weighted by Gasteiger charge is -2.23. The Kier molecular flexibility index (Phi) is 4.39. The highest BCUT2D eigenvalue weighted by atomic mass is 16.5. The third kappa shape index (κ3) is 3.12. The van der Waals surface area contributed by atoms with Crippen LogP contribution in [0.15, 0.2) is 54.6 Å². The number of para-hydroxylation sites is 1. The molecule has 1 amide bonds. The zero-order chi connectivity index (χ0) is 15.4. The highest BCUT2D eigenvalue weighted by Crippen LogP contribution is 2.27. The Hall–Kier alpha value is -2.33. The van der Waals surface area contributed by atoms with Gasteiger partial charge in [0.15, 0.2) is 12.8 Å². The fourth-order valence-corrected chi connectivity index (χ4v) is 2.56. The first-order chi connectivity index (χ1) is 10.8. The molecular formula is C18H19NO3. The summed E-state index contributed by atoms with van der Waals surface area (Å²) in [7, 11) is 0. The maximum Gasteiger partial charge on any atom is 0.262 e. The molecule has 0 aliphatic carbocycles. The average Bonchev–Trinajstić information content (AvgIpc) is 3.04. The third-order valence-electron chi connectivity index (χ3n) is 3.74. The van der Waals surface area contributed by atoms with E-state index in [4.69, 9.17) is 9.47 Å². The number of carbonyl (C=O) groups is 1. The van der Waals surface area contributed by atoms with E-state index in [1.807, 2.05) is 61.5 Å². The summed E-state index contributed by atoms with van der Waals surface area (Å²) in [6, 6.07) is 17.5. The summed E-state index contributed by atoms with van der Waals surface area (Å²) >= 11 is 0. The predicted octanol–water partition coefficient (Wildman–Crippen LogP) is 2.93. The molecule has 2 aromatic carbocycles. The fraction of sp³-hybridized carbons (Fsp3) is 0.278. The maximum atomic E-state index is 12.4. The number of benzene rings is 2. The van der Waals surface area contributed by atoms with Crippen LogP contribution in [0.2, 0.25) is 0 Å². The van der Waals surface area contributed by atoms with Crippen molar-refractivity contribution in [2.24, 2.45) is 0 Å². The van der Waals surface area contributed by atoms with Crippen molar-refractivity contribution in [1.82, 2.24) is 4.90 Å². The monoisotopic (exact) mass is 297 g/mol. The van der Waals surface area contributed by atoms with Crippen LogP contribution in [0.1, 0.15) is 17.4 Å². The second-order valence-electron chi connectivity index (χ2n) is 5.28. The normalized spacial score (nSPS) is 17.5. The Morgan fingerprint density at radius 2 is 1.91 bits per heavy atom. The van der Waals surface area contributed by atoms with Crippen molar-refractivity contribution in [2.45, 2.75) is 13.2 Å². The average molecular weight is 297 g/mol. The highest BCUT2D eigenvalue weighted by Gasteiger charge is 2.30. The van der Waals surface area contributed by atoms with Crippen molar-refractivity contribution in [3.63, 3.8) is 0 Å². The molecule has 1 aliphatic heterocycles. The minimum atomic E-state index is -0.311. The molecule has 1 unspecified atom stereocenters. The molecule has 0 bridgehead atoms. The molecule has 1 aliphatic rings. The number of rotatable bonds is 4. The number of nitrogens with zero attached hydrogens (tertiary/aromatic N) is 1. The van der Waals surface area contributed by atoms with Gasteiger partial charge in [-0.1, -0.05) is 48.5 Å². The Labute approximate surface area is 130 Å². The van der Waals surface area contributed by atoms with Crippen LogP contribution in [0.4, 0.5) is 0 Å². The van der Waals surface area contributed by atoms with E-state index in [9.17, 15) is 4.79 Å². The Morgan fingerprint density at radius 1 is 1.18 bits per heavy atom. The van der Waals surface area contributed by atoms with Crippen LogP contribution in [0.25, 0.3) is 0 Å². The van der Waals surface area contributed by atoms with Gasteiger partial charge < -0.3 is 14.4 Å². The zero-order valence-electron chi connectivity index (χ0n) is 12.6. The molecule has 1 fully saturated rings. The smallest absolute Gasteiger partial charge is 0.262 e. The van der Waals surface area contributed by atoms with Gasteiger partial charge in [-0.3, -0.25) is 4.79 Å². The van der Waals surface area contributed by atoms with Gasteiger partial charge in [-0.15, -0.1) is 0 Å². The van der Waals surface area contributed by atoms with Gasteiger partial charge in [-0.2, -0.15) is 0 Å². The van der Waals surface area contributed by atoms with Crippen LogP contribution in [-0.4, -0.2) is 30.6 Å². The van der Waals surface area contributed by atoms with Crippen molar-refractivity contribution in [2.75, 3.05) is 19.8 Å². The number of hydrogen-bond acceptors (Lipinski definition) is 3. The van der Waals surface area contributed by atoms with Gasteiger partial charge in [0.1, 0.15) is 5.75 Å². The highest BCUT2D eigenvalue weighted by molar-refractivity contribution is 5.78. The summed E-state index contributed by atoms with van der Waals surface area (Å²) in [5, 5.41) is 0. The van der Waals surface area contributed by atoms with Gasteiger partial charge >= 0.3 is 0 Å². The van der Waals surface area contributed by atoms with Crippen LogP contribution < -0.4 is 4.74 Å². The molecule has 4 heteroatoms. The van der Waals surface area contributed by atoms with Gasteiger partial charge in [-0.05, 0) is 18.6 Å². The Morgan fingerprint density at radius 3 is 2.68 bits per heavy atom. The van der Waals surface area contributed by atoms with E-state index in [0.29, 0.717) is 13.2 Å². The summed E-state index contributed by atoms with van der Waals surface area (Å²) in [5.41, 5.74) is 2.01. The van der Waals surface area contributed by atoms with Crippen molar-refractivity contribution < 1.29 is 14.3 Å². The second kappa shape index (κ2) is 6.62. The van der Waals surface area contributed by atoms with Crippen molar-refractivity contribution in [1.29, 1.82) is 0 Å². The number of ether oxygens (including phenoxy) is 2. The van der Waals surface area contributed by atoms with E-state index in [1.165, 1.54) is 0 Å². The summed E-state index contributed by atoms with van der Waals surface area (Å²) < 4.78 is 11.3. The van der Waals surface area contributed by atoms with Crippen LogP contribution in [0, 0.1) is 6.92 Å². The van der Waals surface area contributed by atoms with Crippen LogP contribution in [0.3, 0.4) is 0 Å². The molecule has 0 spiro atoms. The summed E-state index contributed by atoms with van der Waals surface area (Å²) in [6.07, 6.45) is -0.311. The third-order valence-corrected chi connectivity index (χ3v) is 3.74. The predicted molar refractivity (Wildman–Crippen MR) is 83.5 cm³/mol. The van der Waals surface area contributed by atoms with Gasteiger partial charge in [0, 0.05) is 12.1 Å². The van der Waals surface area contributed by atoms with Gasteiger partial charge in [0.05, 0.1) is 6.61 Å². The summed E-state index contributed by atoms with van der Waals surface area (Å²) in [4.78, 5) is 14.2. The van der Waals surface area contributed by atoms with E-state index in [0.717, 1.165) is 16.9 Å². The first-order valence-electron chi connectivity index (χ1n) is 7.40. The molecule has 4 nitrogen and oxygen atoms in total. The quantitative estimate of drug-likeness (QED) is 0.871. The summed E-state index contributed by atoms with van der Waals surface area (Å²) in [5.74, 6) is 0.682. The fourth-order valence-electron chi connectivity index (χ4n) is 2.56. The molecule has 1 atom stereocenters. The molecule has 114 valence electrons. The molecule has 2 aromatic rings. The lowest BCUT2D eigenvalue weighted by atomic mass is 10.2. The summed E-state index contributed by atoms with van der Waals surface area (Å²) in [6.45, 7) is 3.13. The lowest BCUT2D eigenvalue weighted by Crippen LogP contribution is -2.35. The zero-order valence-corrected chi connectivity index (χ0v) is 12.6. The Balaban J connectivity index is 1.65. The molecular weight excluding hydrogens is 278 g/mol. The van der Waals surface area contributed by atoms with Crippen molar-refractivity contribution in [3.8, 4) is 5.75 Å². The topological polar surface area (TPSA) is 38.8 Å². The number of aryl methyl sites for hydroxylation is 1. The second-order valence-corrected chi connectivity index (χ2v) is 5.28. The maximum absolute atomic E-state index is 12.4. The molecule has 0 saturated carbocycles. The largest absolute Gasteiger partial charge is 0.483 e. The molecule has 0 aromatic heterocycles. The van der Waals surface area contributed by atoms with E-state index in [2.05, 4.69) is 0 Å². The minimum absolute atomic E-state index is 0.0253. The van der Waals surface area contributed by atoms with E-state index in [1.54, 1.807) is 4.90 Å². The van der Waals surface area contributed by atoms with E-state index >= 15 is 0 Å². The van der Waals surface area contributed by atoms with Crippen molar-refractivity contribution in [3.05, 3.63) is 65.7 Å².